The smallest absolute Gasteiger partial charge is 0.297 e. The van der Waals surface area contributed by atoms with Gasteiger partial charge in [0.05, 0.1) is 44.5 Å². The maximum atomic E-state index is 12.2. The summed E-state index contributed by atoms with van der Waals surface area (Å²) in [7, 11) is -3.81. The molecule has 0 atom stereocenters. The molecular formula is C27H32O8S. The van der Waals surface area contributed by atoms with E-state index in [-0.39, 0.29) is 44.5 Å². The quantitative estimate of drug-likeness (QED) is 0.226. The summed E-state index contributed by atoms with van der Waals surface area (Å²) in [5.74, 6) is 1.37. The van der Waals surface area contributed by atoms with Gasteiger partial charge >= 0.3 is 0 Å². The number of para-hydroxylation sites is 2. The molecule has 8 nitrogen and oxygen atoms in total. The normalized spacial score (nSPS) is 11.4. The Bertz CT molecular complexity index is 1160. The van der Waals surface area contributed by atoms with E-state index in [0.717, 1.165) is 16.7 Å². The van der Waals surface area contributed by atoms with Crippen LogP contribution in [0.4, 0.5) is 0 Å². The second kappa shape index (κ2) is 14.6. The van der Waals surface area contributed by atoms with Crippen molar-refractivity contribution in [1.82, 2.24) is 0 Å². The van der Waals surface area contributed by atoms with E-state index in [4.69, 9.17) is 28.2 Å². The topological polar surface area (TPSA) is 101 Å². The van der Waals surface area contributed by atoms with Crippen molar-refractivity contribution in [1.29, 1.82) is 0 Å². The minimum atomic E-state index is -3.81. The number of hydrogen-bond acceptors (Lipinski definition) is 8. The Labute approximate surface area is 212 Å². The van der Waals surface area contributed by atoms with Crippen molar-refractivity contribution in [2.45, 2.75) is 11.8 Å². The zero-order valence-corrected chi connectivity index (χ0v) is 21.1. The third-order valence-corrected chi connectivity index (χ3v) is 6.37. The molecule has 0 saturated carbocycles. The lowest BCUT2D eigenvalue weighted by Gasteiger charge is -2.15. The van der Waals surface area contributed by atoms with E-state index in [2.05, 4.69) is 0 Å². The molecule has 0 aliphatic heterocycles. The molecule has 0 spiro atoms. The van der Waals surface area contributed by atoms with E-state index < -0.39 is 10.1 Å². The Morgan fingerprint density at radius 1 is 0.639 bits per heavy atom. The van der Waals surface area contributed by atoms with Gasteiger partial charge in [-0.3, -0.25) is 4.18 Å². The van der Waals surface area contributed by atoms with Crippen LogP contribution in [0, 0.1) is 6.92 Å². The molecule has 3 aromatic rings. The molecule has 0 amide bonds. The Morgan fingerprint density at radius 2 is 1.14 bits per heavy atom. The van der Waals surface area contributed by atoms with Crippen molar-refractivity contribution in [3.05, 3.63) is 78.4 Å². The first-order chi connectivity index (χ1) is 17.5. The standard InChI is InChI=1S/C27H32O8S/c1-22-10-12-23(13-11-22)36(29,30)35-21-18-32-17-20-34-27-9-5-3-7-25(27)24-6-2-4-8-26(24)33-19-16-31-15-14-28/h2-13,28H,14-21H2,1H3. The maximum Gasteiger partial charge on any atom is 0.297 e. The molecule has 0 bridgehead atoms. The molecule has 194 valence electrons. The molecule has 0 aliphatic carbocycles. The zero-order chi connectivity index (χ0) is 25.6. The van der Waals surface area contributed by atoms with Gasteiger partial charge in [-0.1, -0.05) is 54.1 Å². The van der Waals surface area contributed by atoms with Crippen LogP contribution in [0.2, 0.25) is 0 Å². The lowest BCUT2D eigenvalue weighted by molar-refractivity contribution is 0.0706. The largest absolute Gasteiger partial charge is 0.491 e. The zero-order valence-electron chi connectivity index (χ0n) is 20.3. The van der Waals surface area contributed by atoms with Gasteiger partial charge in [0.25, 0.3) is 10.1 Å². The molecule has 9 heteroatoms. The molecule has 1 N–H and O–H groups in total. The number of benzene rings is 3. The van der Waals surface area contributed by atoms with E-state index in [0.29, 0.717) is 24.7 Å². The molecule has 0 aliphatic rings. The summed E-state index contributed by atoms with van der Waals surface area (Å²) in [5.41, 5.74) is 2.72. The number of hydrogen-bond donors (Lipinski definition) is 1. The third kappa shape index (κ3) is 8.61. The van der Waals surface area contributed by atoms with Crippen LogP contribution < -0.4 is 9.47 Å². The van der Waals surface area contributed by atoms with E-state index >= 15 is 0 Å². The van der Waals surface area contributed by atoms with E-state index in [9.17, 15) is 8.42 Å². The van der Waals surface area contributed by atoms with Gasteiger partial charge in [0.2, 0.25) is 0 Å². The Balaban J connectivity index is 1.46. The van der Waals surface area contributed by atoms with Gasteiger partial charge < -0.3 is 24.1 Å². The summed E-state index contributed by atoms with van der Waals surface area (Å²) in [6, 6.07) is 21.8. The number of rotatable bonds is 16. The highest BCUT2D eigenvalue weighted by molar-refractivity contribution is 7.86. The first-order valence-corrected chi connectivity index (χ1v) is 13.1. The molecule has 36 heavy (non-hydrogen) atoms. The molecular weight excluding hydrogens is 484 g/mol. The van der Waals surface area contributed by atoms with Crippen LogP contribution >= 0.6 is 0 Å². The van der Waals surface area contributed by atoms with Gasteiger partial charge in [0.1, 0.15) is 24.7 Å². The summed E-state index contributed by atoms with van der Waals surface area (Å²) in [6.45, 7) is 3.45. The molecule has 0 radical (unpaired) electrons. The van der Waals surface area contributed by atoms with Gasteiger partial charge in [-0.25, -0.2) is 0 Å². The minimum Gasteiger partial charge on any atom is -0.491 e. The molecule has 0 aromatic heterocycles. The highest BCUT2D eigenvalue weighted by Gasteiger charge is 2.15. The molecule has 0 unspecified atom stereocenters. The van der Waals surface area contributed by atoms with Gasteiger partial charge in [-0.2, -0.15) is 8.42 Å². The fraction of sp³-hybridized carbons (Fsp3) is 0.333. The highest BCUT2D eigenvalue weighted by atomic mass is 32.2. The van der Waals surface area contributed by atoms with E-state index in [1.54, 1.807) is 12.1 Å². The van der Waals surface area contributed by atoms with Gasteiger partial charge in [-0.15, -0.1) is 0 Å². The number of ether oxygens (including phenoxy) is 4. The van der Waals surface area contributed by atoms with Crippen molar-refractivity contribution >= 4 is 10.1 Å². The SMILES string of the molecule is Cc1ccc(S(=O)(=O)OCCOCCOc2ccccc2-c2ccccc2OCCOCCO)cc1. The maximum absolute atomic E-state index is 12.2. The minimum absolute atomic E-state index is 0.0232. The summed E-state index contributed by atoms with van der Waals surface area (Å²) < 4.78 is 52.0. The molecule has 3 rings (SSSR count). The Hall–Kier alpha value is -2.95. The third-order valence-electron chi connectivity index (χ3n) is 5.05. The summed E-state index contributed by atoms with van der Waals surface area (Å²) in [6.07, 6.45) is 0. The van der Waals surface area contributed by atoms with Gasteiger partial charge in [-0.05, 0) is 31.2 Å². The highest BCUT2D eigenvalue weighted by Crippen LogP contribution is 2.36. The van der Waals surface area contributed by atoms with E-state index in [1.807, 2.05) is 55.5 Å². The van der Waals surface area contributed by atoms with Gasteiger partial charge in [0.15, 0.2) is 0 Å². The molecule has 0 saturated heterocycles. The predicted octanol–water partition coefficient (Wildman–Crippen LogP) is 3.85. The number of aliphatic hydroxyl groups excluding tert-OH is 1. The number of aliphatic hydroxyl groups is 1. The first kappa shape index (κ1) is 27.6. The average Bonchev–Trinajstić information content (AvgIpc) is 2.89. The van der Waals surface area contributed by atoms with Crippen LogP contribution in [0.3, 0.4) is 0 Å². The van der Waals surface area contributed by atoms with E-state index in [1.165, 1.54) is 12.1 Å². The Kier molecular flexibility index (Phi) is 11.2. The second-order valence-corrected chi connectivity index (χ2v) is 9.34. The first-order valence-electron chi connectivity index (χ1n) is 11.7. The van der Waals surface area contributed by atoms with Crippen LogP contribution in [0.5, 0.6) is 11.5 Å². The lowest BCUT2D eigenvalue weighted by atomic mass is 10.0. The second-order valence-electron chi connectivity index (χ2n) is 7.73. The molecule has 0 heterocycles. The van der Waals surface area contributed by atoms with Crippen LogP contribution in [0.15, 0.2) is 77.7 Å². The van der Waals surface area contributed by atoms with Crippen LogP contribution in [-0.4, -0.2) is 66.4 Å². The summed E-state index contributed by atoms with van der Waals surface area (Å²) >= 11 is 0. The summed E-state index contributed by atoms with van der Waals surface area (Å²) in [5, 5.41) is 8.80. The Morgan fingerprint density at radius 3 is 1.69 bits per heavy atom. The van der Waals surface area contributed by atoms with Crippen molar-refractivity contribution < 1.29 is 36.7 Å². The predicted molar refractivity (Wildman–Crippen MR) is 136 cm³/mol. The fourth-order valence-electron chi connectivity index (χ4n) is 3.30. The average molecular weight is 517 g/mol. The summed E-state index contributed by atoms with van der Waals surface area (Å²) in [4.78, 5) is 0.120. The molecule has 3 aromatic carbocycles. The van der Waals surface area contributed by atoms with Crippen molar-refractivity contribution in [3.63, 3.8) is 0 Å². The molecule has 0 fully saturated rings. The van der Waals surface area contributed by atoms with Crippen molar-refractivity contribution in [3.8, 4) is 22.6 Å². The van der Waals surface area contributed by atoms with Crippen LogP contribution in [0.1, 0.15) is 5.56 Å². The van der Waals surface area contributed by atoms with Crippen LogP contribution in [-0.2, 0) is 23.8 Å². The monoisotopic (exact) mass is 516 g/mol. The number of aryl methyl sites for hydroxylation is 1. The van der Waals surface area contributed by atoms with Gasteiger partial charge in [0, 0.05) is 11.1 Å². The lowest BCUT2D eigenvalue weighted by Crippen LogP contribution is -2.14. The van der Waals surface area contributed by atoms with Crippen molar-refractivity contribution in [2.75, 3.05) is 52.9 Å². The van der Waals surface area contributed by atoms with Crippen molar-refractivity contribution in [2.24, 2.45) is 0 Å². The fourth-order valence-corrected chi connectivity index (χ4v) is 4.19. The van der Waals surface area contributed by atoms with Crippen LogP contribution in [0.25, 0.3) is 11.1 Å².